The van der Waals surface area contributed by atoms with Crippen molar-refractivity contribution in [1.29, 1.82) is 0 Å². The van der Waals surface area contributed by atoms with Gasteiger partial charge in [-0.3, -0.25) is 0 Å². The monoisotopic (exact) mass is 273 g/mol. The van der Waals surface area contributed by atoms with Gasteiger partial charge in [-0.25, -0.2) is 18.2 Å². The predicted molar refractivity (Wildman–Crippen MR) is 46.8 cm³/mol. The van der Waals surface area contributed by atoms with Crippen molar-refractivity contribution >= 4 is 27.5 Å². The number of nitrogens with zero attached hydrogens (tertiary/aromatic N) is 1. The topological polar surface area (TPSA) is 12.9 Å². The highest BCUT2D eigenvalue weighted by Gasteiger charge is 2.17. The van der Waals surface area contributed by atoms with Crippen LogP contribution in [-0.4, -0.2) is 4.98 Å². The zero-order valence-corrected chi connectivity index (χ0v) is 8.54. The minimum Gasteiger partial charge on any atom is -0.246 e. The van der Waals surface area contributed by atoms with Crippen LogP contribution in [0.2, 0.25) is 5.02 Å². The molecule has 1 heterocycles. The van der Waals surface area contributed by atoms with Gasteiger partial charge in [-0.1, -0.05) is 27.5 Å². The summed E-state index contributed by atoms with van der Waals surface area (Å²) in [6.45, 7) is 0. The number of rotatable bonds is 2. The summed E-state index contributed by atoms with van der Waals surface area (Å²) in [6.07, 6.45) is -2.79. The van der Waals surface area contributed by atoms with Crippen LogP contribution in [0.1, 0.15) is 17.8 Å². The maximum Gasteiger partial charge on any atom is 0.281 e. The third-order valence-corrected chi connectivity index (χ3v) is 2.20. The van der Waals surface area contributed by atoms with E-state index in [0.29, 0.717) is 0 Å². The summed E-state index contributed by atoms with van der Waals surface area (Å²) >= 11 is 8.28. The highest BCUT2D eigenvalue weighted by molar-refractivity contribution is 9.08. The van der Waals surface area contributed by atoms with Crippen LogP contribution >= 0.6 is 27.5 Å². The number of pyridine rings is 1. The van der Waals surface area contributed by atoms with E-state index in [2.05, 4.69) is 20.9 Å². The first-order valence-corrected chi connectivity index (χ1v) is 4.75. The van der Waals surface area contributed by atoms with E-state index in [1.165, 1.54) is 0 Å². The van der Waals surface area contributed by atoms with Crippen molar-refractivity contribution in [2.45, 2.75) is 11.8 Å². The van der Waals surface area contributed by atoms with Crippen molar-refractivity contribution in [3.05, 3.63) is 28.3 Å². The third-order valence-electron chi connectivity index (χ3n) is 1.36. The second-order valence-electron chi connectivity index (χ2n) is 2.22. The second kappa shape index (κ2) is 4.28. The average Bonchev–Trinajstić information content (AvgIpc) is 2.03. The van der Waals surface area contributed by atoms with Crippen LogP contribution in [0.25, 0.3) is 0 Å². The normalized spacial score (nSPS) is 10.9. The molecule has 13 heavy (non-hydrogen) atoms. The lowest BCUT2D eigenvalue weighted by molar-refractivity contribution is 0.146. The lowest BCUT2D eigenvalue weighted by atomic mass is 10.3. The number of alkyl halides is 3. The van der Waals surface area contributed by atoms with Crippen LogP contribution in [0, 0.1) is 5.82 Å². The molecule has 1 aromatic rings. The molecule has 1 rings (SSSR count). The Morgan fingerprint density at radius 1 is 1.54 bits per heavy atom. The summed E-state index contributed by atoms with van der Waals surface area (Å²) in [4.78, 5) is 3.39. The molecule has 72 valence electrons. The Morgan fingerprint density at radius 3 is 2.62 bits per heavy atom. The largest absolute Gasteiger partial charge is 0.281 e. The van der Waals surface area contributed by atoms with Crippen molar-refractivity contribution < 1.29 is 13.2 Å². The van der Waals surface area contributed by atoms with Crippen molar-refractivity contribution in [3.63, 3.8) is 0 Å². The molecule has 0 fully saturated rings. The Hall–Kier alpha value is -0.290. The summed E-state index contributed by atoms with van der Waals surface area (Å²) in [7, 11) is 0. The SMILES string of the molecule is Fc1cc(Cl)c(C(F)F)nc1CBr. The van der Waals surface area contributed by atoms with Gasteiger partial charge < -0.3 is 0 Å². The average molecular weight is 274 g/mol. The molecular weight excluding hydrogens is 270 g/mol. The number of hydrogen-bond donors (Lipinski definition) is 0. The van der Waals surface area contributed by atoms with E-state index >= 15 is 0 Å². The molecule has 0 bridgehead atoms. The zero-order chi connectivity index (χ0) is 10.0. The van der Waals surface area contributed by atoms with E-state index in [-0.39, 0.29) is 16.0 Å². The van der Waals surface area contributed by atoms with Crippen molar-refractivity contribution in [2.24, 2.45) is 0 Å². The van der Waals surface area contributed by atoms with Crippen LogP contribution in [0.15, 0.2) is 6.07 Å². The lowest BCUT2D eigenvalue weighted by Gasteiger charge is -2.04. The molecule has 1 aromatic heterocycles. The van der Waals surface area contributed by atoms with Crippen LogP contribution in [0.3, 0.4) is 0 Å². The van der Waals surface area contributed by atoms with Crippen molar-refractivity contribution in [2.75, 3.05) is 0 Å². The minimum atomic E-state index is -2.79. The number of hydrogen-bond acceptors (Lipinski definition) is 1. The smallest absolute Gasteiger partial charge is 0.246 e. The van der Waals surface area contributed by atoms with Crippen LogP contribution in [0.4, 0.5) is 13.2 Å². The summed E-state index contributed by atoms with van der Waals surface area (Å²) < 4.78 is 37.3. The molecule has 0 aliphatic carbocycles. The molecule has 0 amide bonds. The molecule has 0 aliphatic heterocycles. The van der Waals surface area contributed by atoms with Gasteiger partial charge in [0, 0.05) is 5.33 Å². The standard InChI is InChI=1S/C7H4BrClF3N/c8-2-5-4(10)1-3(9)6(13-5)7(11)12/h1,7H,2H2. The molecule has 0 unspecified atom stereocenters. The van der Waals surface area contributed by atoms with Gasteiger partial charge in [0.1, 0.15) is 11.5 Å². The second-order valence-corrected chi connectivity index (χ2v) is 3.19. The van der Waals surface area contributed by atoms with Gasteiger partial charge in [-0.05, 0) is 6.07 Å². The van der Waals surface area contributed by atoms with Crippen molar-refractivity contribution in [1.82, 2.24) is 4.98 Å². The van der Waals surface area contributed by atoms with Crippen LogP contribution in [0.5, 0.6) is 0 Å². The van der Waals surface area contributed by atoms with E-state index in [9.17, 15) is 13.2 Å². The number of aromatic nitrogens is 1. The Bertz CT molecular complexity index is 319. The van der Waals surface area contributed by atoms with Gasteiger partial charge in [0.25, 0.3) is 6.43 Å². The first kappa shape index (κ1) is 10.8. The van der Waals surface area contributed by atoms with E-state index in [4.69, 9.17) is 11.6 Å². The fourth-order valence-corrected chi connectivity index (χ4v) is 1.38. The zero-order valence-electron chi connectivity index (χ0n) is 6.20. The molecular formula is C7H4BrClF3N. The third kappa shape index (κ3) is 2.34. The summed E-state index contributed by atoms with van der Waals surface area (Å²) in [6, 6.07) is 0.840. The fraction of sp³-hybridized carbons (Fsp3) is 0.286. The maximum absolute atomic E-state index is 12.9. The van der Waals surface area contributed by atoms with E-state index in [0.717, 1.165) is 6.07 Å². The molecule has 6 heteroatoms. The van der Waals surface area contributed by atoms with Crippen LogP contribution in [-0.2, 0) is 5.33 Å². The van der Waals surface area contributed by atoms with E-state index in [1.807, 2.05) is 0 Å². The Labute approximate surface area is 86.0 Å². The Kier molecular flexibility index (Phi) is 3.55. The molecule has 0 aliphatic rings. The maximum atomic E-state index is 12.9. The first-order valence-electron chi connectivity index (χ1n) is 3.25. The summed E-state index contributed by atoms with van der Waals surface area (Å²) in [5.41, 5.74) is -0.655. The highest BCUT2D eigenvalue weighted by atomic mass is 79.9. The molecule has 0 atom stereocenters. The van der Waals surface area contributed by atoms with E-state index in [1.54, 1.807) is 0 Å². The molecule has 0 aromatic carbocycles. The molecule has 0 radical (unpaired) electrons. The number of halogens is 5. The van der Waals surface area contributed by atoms with Gasteiger partial charge in [-0.2, -0.15) is 0 Å². The molecule has 1 nitrogen and oxygen atoms in total. The summed E-state index contributed by atoms with van der Waals surface area (Å²) in [5, 5.41) is -0.271. The quantitative estimate of drug-likeness (QED) is 0.749. The fourth-order valence-electron chi connectivity index (χ4n) is 0.767. The van der Waals surface area contributed by atoms with Gasteiger partial charge in [-0.15, -0.1) is 0 Å². The Balaban J connectivity index is 3.22. The van der Waals surface area contributed by atoms with E-state index < -0.39 is 17.9 Å². The first-order chi connectivity index (χ1) is 6.06. The van der Waals surface area contributed by atoms with Gasteiger partial charge in [0.2, 0.25) is 0 Å². The Morgan fingerprint density at radius 2 is 2.15 bits per heavy atom. The molecule has 0 saturated heterocycles. The summed E-state index contributed by atoms with van der Waals surface area (Å²) in [5.74, 6) is -0.689. The predicted octanol–water partition coefficient (Wildman–Crippen LogP) is 3.71. The van der Waals surface area contributed by atoms with Crippen molar-refractivity contribution in [3.8, 4) is 0 Å². The van der Waals surface area contributed by atoms with Gasteiger partial charge in [0.15, 0.2) is 0 Å². The highest BCUT2D eigenvalue weighted by Crippen LogP contribution is 2.27. The molecule has 0 spiro atoms. The lowest BCUT2D eigenvalue weighted by Crippen LogP contribution is -1.99. The molecule has 0 N–H and O–H groups in total. The van der Waals surface area contributed by atoms with Gasteiger partial charge in [0.05, 0.1) is 10.7 Å². The van der Waals surface area contributed by atoms with Crippen LogP contribution < -0.4 is 0 Å². The minimum absolute atomic E-state index is 0.0697. The van der Waals surface area contributed by atoms with Gasteiger partial charge >= 0.3 is 0 Å². The molecule has 0 saturated carbocycles.